The van der Waals surface area contributed by atoms with Crippen LogP contribution in [0.2, 0.25) is 0 Å². The van der Waals surface area contributed by atoms with Crippen LogP contribution in [0, 0.1) is 13.8 Å². The molecule has 0 spiro atoms. The van der Waals surface area contributed by atoms with Crippen molar-refractivity contribution in [2.75, 3.05) is 14.1 Å². The van der Waals surface area contributed by atoms with Crippen molar-refractivity contribution in [3.8, 4) is 22.6 Å². The molecule has 0 bridgehead atoms. The standard InChI is InChI=1S/C25H24F3N5/c1-17-13-22(18(2)32(17)21-12-8-9-19(14-21)25(26,27)28)23-15-24(29-16-31(3)4)33(30-23)20-10-6-5-7-11-20/h5-16H,1-4H3/b29-16+. The maximum Gasteiger partial charge on any atom is 0.416 e. The zero-order valence-electron chi connectivity index (χ0n) is 18.8. The zero-order valence-corrected chi connectivity index (χ0v) is 18.8. The van der Waals surface area contributed by atoms with E-state index in [1.165, 1.54) is 12.1 Å². The highest BCUT2D eigenvalue weighted by molar-refractivity contribution is 5.70. The monoisotopic (exact) mass is 451 g/mol. The molecule has 33 heavy (non-hydrogen) atoms. The Labute approximate surface area is 190 Å². The molecule has 0 aliphatic rings. The van der Waals surface area contributed by atoms with Crippen LogP contribution < -0.4 is 0 Å². The predicted octanol–water partition coefficient (Wildman–Crippen LogP) is 6.19. The third kappa shape index (κ3) is 4.55. The highest BCUT2D eigenvalue weighted by Gasteiger charge is 2.30. The molecule has 0 amide bonds. The number of alkyl halides is 3. The first-order chi connectivity index (χ1) is 15.6. The molecule has 0 unspecified atom stereocenters. The smallest absolute Gasteiger partial charge is 0.369 e. The van der Waals surface area contributed by atoms with Crippen LogP contribution in [0.5, 0.6) is 0 Å². The number of nitrogens with zero attached hydrogens (tertiary/aromatic N) is 5. The van der Waals surface area contributed by atoms with Crippen molar-refractivity contribution in [3.63, 3.8) is 0 Å². The number of aliphatic imine (C=N–C) groups is 1. The van der Waals surface area contributed by atoms with E-state index in [4.69, 9.17) is 5.10 Å². The predicted molar refractivity (Wildman–Crippen MR) is 125 cm³/mol. The molecule has 0 N–H and O–H groups in total. The Hall–Kier alpha value is -3.81. The molecule has 4 aromatic rings. The number of aromatic nitrogens is 3. The van der Waals surface area contributed by atoms with Crippen LogP contribution in [-0.4, -0.2) is 39.7 Å². The summed E-state index contributed by atoms with van der Waals surface area (Å²) in [6.45, 7) is 3.75. The third-order valence-corrected chi connectivity index (χ3v) is 5.25. The van der Waals surface area contributed by atoms with E-state index in [1.54, 1.807) is 17.1 Å². The Morgan fingerprint density at radius 3 is 2.27 bits per heavy atom. The second-order valence-corrected chi connectivity index (χ2v) is 8.01. The third-order valence-electron chi connectivity index (χ3n) is 5.25. The summed E-state index contributed by atoms with van der Waals surface area (Å²) in [5.41, 5.74) is 3.78. The molecule has 4 rings (SSSR count). The van der Waals surface area contributed by atoms with E-state index < -0.39 is 11.7 Å². The van der Waals surface area contributed by atoms with E-state index in [0.29, 0.717) is 17.2 Å². The van der Waals surface area contributed by atoms with Gasteiger partial charge < -0.3 is 9.47 Å². The van der Waals surface area contributed by atoms with E-state index in [0.717, 1.165) is 28.7 Å². The highest BCUT2D eigenvalue weighted by atomic mass is 19.4. The molecule has 8 heteroatoms. The van der Waals surface area contributed by atoms with Crippen LogP contribution in [0.15, 0.2) is 71.7 Å². The second-order valence-electron chi connectivity index (χ2n) is 8.01. The highest BCUT2D eigenvalue weighted by Crippen LogP contribution is 2.34. The Morgan fingerprint density at radius 1 is 0.909 bits per heavy atom. The first kappa shape index (κ1) is 22.4. The molecular formula is C25H24F3N5. The van der Waals surface area contributed by atoms with Crippen molar-refractivity contribution in [3.05, 3.63) is 83.7 Å². The molecular weight excluding hydrogens is 427 g/mol. The van der Waals surface area contributed by atoms with Crippen molar-refractivity contribution in [2.45, 2.75) is 20.0 Å². The summed E-state index contributed by atoms with van der Waals surface area (Å²) in [7, 11) is 3.77. The summed E-state index contributed by atoms with van der Waals surface area (Å²) in [4.78, 5) is 6.39. The molecule has 2 aromatic heterocycles. The van der Waals surface area contributed by atoms with Gasteiger partial charge in [0, 0.05) is 42.8 Å². The molecule has 0 radical (unpaired) electrons. The molecule has 0 fully saturated rings. The van der Waals surface area contributed by atoms with Gasteiger partial charge in [-0.1, -0.05) is 24.3 Å². The number of rotatable bonds is 5. The Bertz CT molecular complexity index is 1300. The first-order valence-electron chi connectivity index (χ1n) is 10.4. The number of para-hydroxylation sites is 1. The van der Waals surface area contributed by atoms with Gasteiger partial charge in [-0.2, -0.15) is 18.3 Å². The number of benzene rings is 2. The van der Waals surface area contributed by atoms with Crippen LogP contribution in [0.4, 0.5) is 19.0 Å². The number of hydrogen-bond donors (Lipinski definition) is 0. The largest absolute Gasteiger partial charge is 0.416 e. The van der Waals surface area contributed by atoms with Gasteiger partial charge in [0.25, 0.3) is 0 Å². The van der Waals surface area contributed by atoms with Gasteiger partial charge in [0.05, 0.1) is 23.3 Å². The molecule has 170 valence electrons. The molecule has 0 aliphatic heterocycles. The fourth-order valence-electron chi connectivity index (χ4n) is 3.77. The maximum absolute atomic E-state index is 13.3. The normalized spacial score (nSPS) is 12.0. The summed E-state index contributed by atoms with van der Waals surface area (Å²) >= 11 is 0. The maximum atomic E-state index is 13.3. The minimum absolute atomic E-state index is 0.458. The van der Waals surface area contributed by atoms with Crippen LogP contribution in [0.1, 0.15) is 17.0 Å². The summed E-state index contributed by atoms with van der Waals surface area (Å²) in [6, 6.07) is 18.8. The van der Waals surface area contributed by atoms with Crippen molar-refractivity contribution < 1.29 is 13.2 Å². The van der Waals surface area contributed by atoms with Crippen molar-refractivity contribution >= 4 is 12.2 Å². The number of hydrogen-bond acceptors (Lipinski definition) is 2. The van der Waals surface area contributed by atoms with Crippen molar-refractivity contribution in [1.82, 2.24) is 19.2 Å². The summed E-state index contributed by atoms with van der Waals surface area (Å²) in [5.74, 6) is 0.647. The van der Waals surface area contributed by atoms with Gasteiger partial charge in [0.1, 0.15) is 0 Å². The quantitative estimate of drug-likeness (QED) is 0.268. The lowest BCUT2D eigenvalue weighted by atomic mass is 10.1. The second kappa shape index (κ2) is 8.61. The minimum Gasteiger partial charge on any atom is -0.369 e. The van der Waals surface area contributed by atoms with E-state index in [2.05, 4.69) is 4.99 Å². The van der Waals surface area contributed by atoms with E-state index in [1.807, 2.05) is 79.9 Å². The molecule has 0 saturated carbocycles. The van der Waals surface area contributed by atoms with Crippen LogP contribution in [0.3, 0.4) is 0 Å². The lowest BCUT2D eigenvalue weighted by molar-refractivity contribution is -0.137. The first-order valence-corrected chi connectivity index (χ1v) is 10.4. The lowest BCUT2D eigenvalue weighted by Gasteiger charge is -2.13. The summed E-state index contributed by atoms with van der Waals surface area (Å²) in [5, 5.41) is 4.79. The van der Waals surface area contributed by atoms with Crippen LogP contribution in [0.25, 0.3) is 22.6 Å². The molecule has 0 saturated heterocycles. The molecule has 2 heterocycles. The van der Waals surface area contributed by atoms with E-state index >= 15 is 0 Å². The zero-order chi connectivity index (χ0) is 23.8. The van der Waals surface area contributed by atoms with Gasteiger partial charge in [0.2, 0.25) is 0 Å². The van der Waals surface area contributed by atoms with Crippen molar-refractivity contribution in [1.29, 1.82) is 0 Å². The summed E-state index contributed by atoms with van der Waals surface area (Å²) < 4.78 is 43.3. The van der Waals surface area contributed by atoms with Crippen LogP contribution in [-0.2, 0) is 6.18 Å². The number of aryl methyl sites for hydroxylation is 1. The van der Waals surface area contributed by atoms with Crippen molar-refractivity contribution in [2.24, 2.45) is 4.99 Å². The molecule has 2 aromatic carbocycles. The van der Waals surface area contributed by atoms with E-state index in [-0.39, 0.29) is 0 Å². The minimum atomic E-state index is -4.40. The average Bonchev–Trinajstić information content (AvgIpc) is 3.32. The average molecular weight is 451 g/mol. The van der Waals surface area contributed by atoms with Gasteiger partial charge in [0.15, 0.2) is 5.82 Å². The van der Waals surface area contributed by atoms with E-state index in [9.17, 15) is 13.2 Å². The lowest BCUT2D eigenvalue weighted by Crippen LogP contribution is -2.07. The van der Waals surface area contributed by atoms with Gasteiger partial charge in [-0.3, -0.25) is 0 Å². The fraction of sp³-hybridized carbons (Fsp3) is 0.200. The van der Waals surface area contributed by atoms with Gasteiger partial charge >= 0.3 is 6.18 Å². The Morgan fingerprint density at radius 2 is 1.61 bits per heavy atom. The summed E-state index contributed by atoms with van der Waals surface area (Å²) in [6.07, 6.45) is -2.70. The van der Waals surface area contributed by atoms with Gasteiger partial charge in [-0.25, -0.2) is 9.67 Å². The topological polar surface area (TPSA) is 38.4 Å². The SMILES string of the molecule is Cc1cc(-c2cc(/N=C/N(C)C)n(-c3ccccc3)n2)c(C)n1-c1cccc(C(F)(F)F)c1. The van der Waals surface area contributed by atoms with Gasteiger partial charge in [-0.15, -0.1) is 0 Å². The fourth-order valence-corrected chi connectivity index (χ4v) is 3.77. The number of halogens is 3. The molecule has 5 nitrogen and oxygen atoms in total. The molecule has 0 atom stereocenters. The Balaban J connectivity index is 1.83. The Kier molecular flexibility index (Phi) is 5.84. The van der Waals surface area contributed by atoms with Crippen LogP contribution >= 0.6 is 0 Å². The molecule has 0 aliphatic carbocycles. The van der Waals surface area contributed by atoms with Gasteiger partial charge in [-0.05, 0) is 50.2 Å².